The van der Waals surface area contributed by atoms with Crippen LogP contribution in [0.2, 0.25) is 0 Å². The lowest BCUT2D eigenvalue weighted by atomic mass is 10.3. The first-order valence-corrected chi connectivity index (χ1v) is 8.25. The molecule has 0 aliphatic rings. The van der Waals surface area contributed by atoms with Crippen LogP contribution >= 0.6 is 11.6 Å². The summed E-state index contributed by atoms with van der Waals surface area (Å²) in [6, 6.07) is 8.10. The van der Waals surface area contributed by atoms with Crippen molar-refractivity contribution in [3.63, 3.8) is 0 Å². The average molecular weight is 417 g/mol. The van der Waals surface area contributed by atoms with Crippen LogP contribution in [0.15, 0.2) is 54.2 Å². The zero-order chi connectivity index (χ0) is 20.7. The number of carbonyl (C=O) groups is 1. The van der Waals surface area contributed by atoms with Crippen molar-refractivity contribution in [3.05, 3.63) is 59.8 Å². The normalized spacial score (nSPS) is 12.2. The van der Waals surface area contributed by atoms with E-state index in [0.29, 0.717) is 17.7 Å². The number of carbonyl (C=O) groups excluding carboxylic acids is 1. The van der Waals surface area contributed by atoms with Crippen LogP contribution in [0.4, 0.5) is 13.2 Å². The molecule has 1 aromatic carbocycles. The van der Waals surface area contributed by atoms with E-state index in [2.05, 4.69) is 17.0 Å². The van der Waals surface area contributed by atoms with E-state index in [0.717, 1.165) is 12.1 Å². The second-order valence-corrected chi connectivity index (χ2v) is 6.02. The van der Waals surface area contributed by atoms with Crippen molar-refractivity contribution < 1.29 is 32.3 Å². The van der Waals surface area contributed by atoms with Crippen LogP contribution in [0.3, 0.4) is 0 Å². The highest BCUT2D eigenvalue weighted by Crippen LogP contribution is 2.30. The van der Waals surface area contributed by atoms with E-state index in [1.54, 1.807) is 0 Å². The Labute approximate surface area is 163 Å². The number of amides is 1. The summed E-state index contributed by atoms with van der Waals surface area (Å²) in [4.78, 5) is 20.2. The first-order chi connectivity index (χ1) is 13.1. The molecule has 1 heterocycles. The summed E-state index contributed by atoms with van der Waals surface area (Å²) in [5.74, 6) is 0.192. The van der Waals surface area contributed by atoms with E-state index in [1.165, 1.54) is 31.2 Å². The molecule has 1 aromatic heterocycles. The number of rotatable bonds is 8. The Hall–Kier alpha value is -2.78. The van der Waals surface area contributed by atoms with E-state index >= 15 is 0 Å². The second kappa shape index (κ2) is 9.43. The topological polar surface area (TPSA) is 69.7 Å². The van der Waals surface area contributed by atoms with Crippen molar-refractivity contribution in [3.8, 4) is 17.4 Å². The summed E-state index contributed by atoms with van der Waals surface area (Å²) < 4.78 is 48.4. The smallest absolute Gasteiger partial charge is 0.417 e. The predicted molar refractivity (Wildman–Crippen MR) is 94.9 cm³/mol. The van der Waals surface area contributed by atoms with Gasteiger partial charge in [-0.05, 0) is 37.3 Å². The molecule has 0 aliphatic carbocycles. The van der Waals surface area contributed by atoms with Gasteiger partial charge in [0.05, 0.1) is 5.56 Å². The van der Waals surface area contributed by atoms with Crippen LogP contribution in [0.5, 0.6) is 17.4 Å². The van der Waals surface area contributed by atoms with Crippen molar-refractivity contribution in [1.82, 2.24) is 10.5 Å². The maximum atomic E-state index is 12.5. The molecule has 0 saturated heterocycles. The Morgan fingerprint density at radius 1 is 1.21 bits per heavy atom. The minimum atomic E-state index is -4.46. The lowest BCUT2D eigenvalue weighted by Gasteiger charge is -2.14. The first kappa shape index (κ1) is 21.5. The number of benzene rings is 1. The predicted octanol–water partition coefficient (Wildman–Crippen LogP) is 4.46. The fraction of sp³-hybridized carbons (Fsp3) is 0.222. The Morgan fingerprint density at radius 3 is 2.39 bits per heavy atom. The number of hydroxylamine groups is 1. The maximum absolute atomic E-state index is 12.5. The number of ether oxygens (including phenoxy) is 2. The molecule has 2 aromatic rings. The van der Waals surface area contributed by atoms with E-state index < -0.39 is 23.8 Å². The molecular weight excluding hydrogens is 401 g/mol. The Bertz CT molecular complexity index is 811. The summed E-state index contributed by atoms with van der Waals surface area (Å²) in [5.41, 5.74) is 1.31. The number of nitrogens with one attached hydrogen (secondary N) is 1. The van der Waals surface area contributed by atoms with Crippen molar-refractivity contribution in [1.29, 1.82) is 0 Å². The van der Waals surface area contributed by atoms with Crippen molar-refractivity contribution >= 4 is 17.5 Å². The molecule has 0 aliphatic heterocycles. The lowest BCUT2D eigenvalue weighted by molar-refractivity contribution is -0.139. The fourth-order valence-electron chi connectivity index (χ4n) is 1.84. The minimum absolute atomic E-state index is 0.00689. The SMILES string of the molecule is C=C(Cl)CONC(=O)[C@@H](C)Oc1ccc(Oc2ccc(C(F)(F)F)cn2)cc1. The lowest BCUT2D eigenvalue weighted by Crippen LogP contribution is -2.36. The molecule has 0 spiro atoms. The molecular formula is C18H16ClF3N2O4. The van der Waals surface area contributed by atoms with Crippen LogP contribution < -0.4 is 15.0 Å². The van der Waals surface area contributed by atoms with Gasteiger partial charge in [0.15, 0.2) is 6.10 Å². The second-order valence-electron chi connectivity index (χ2n) is 5.49. The van der Waals surface area contributed by atoms with Crippen LogP contribution in [-0.4, -0.2) is 23.6 Å². The molecule has 1 atom stereocenters. The summed E-state index contributed by atoms with van der Waals surface area (Å²) in [6.45, 7) is 4.89. The van der Waals surface area contributed by atoms with Gasteiger partial charge in [0.25, 0.3) is 5.91 Å². The number of hydrogen-bond donors (Lipinski definition) is 1. The summed E-state index contributed by atoms with van der Waals surface area (Å²) in [6.07, 6.45) is -4.63. The molecule has 10 heteroatoms. The van der Waals surface area contributed by atoms with Gasteiger partial charge in [0, 0.05) is 17.3 Å². The van der Waals surface area contributed by atoms with E-state index in [-0.39, 0.29) is 17.5 Å². The van der Waals surface area contributed by atoms with Crippen LogP contribution in [0.1, 0.15) is 12.5 Å². The molecule has 0 unspecified atom stereocenters. The zero-order valence-corrected chi connectivity index (χ0v) is 15.4. The fourth-order valence-corrected chi connectivity index (χ4v) is 1.90. The highest BCUT2D eigenvalue weighted by Gasteiger charge is 2.30. The molecule has 6 nitrogen and oxygen atoms in total. The molecule has 0 bridgehead atoms. The molecule has 0 radical (unpaired) electrons. The Balaban J connectivity index is 1.89. The van der Waals surface area contributed by atoms with E-state index in [9.17, 15) is 18.0 Å². The van der Waals surface area contributed by atoms with E-state index in [1.807, 2.05) is 0 Å². The summed E-state index contributed by atoms with van der Waals surface area (Å²) in [5, 5.41) is 0.229. The van der Waals surface area contributed by atoms with Crippen molar-refractivity contribution in [2.75, 3.05) is 6.61 Å². The van der Waals surface area contributed by atoms with Gasteiger partial charge in [-0.15, -0.1) is 0 Å². The first-order valence-electron chi connectivity index (χ1n) is 7.88. The van der Waals surface area contributed by atoms with Gasteiger partial charge in [0.2, 0.25) is 5.88 Å². The Morgan fingerprint density at radius 2 is 1.86 bits per heavy atom. The number of alkyl halides is 3. The van der Waals surface area contributed by atoms with Gasteiger partial charge in [-0.2, -0.15) is 13.2 Å². The van der Waals surface area contributed by atoms with Crippen molar-refractivity contribution in [2.24, 2.45) is 0 Å². The van der Waals surface area contributed by atoms with Gasteiger partial charge in [-0.3, -0.25) is 9.63 Å². The number of hydrogen-bond acceptors (Lipinski definition) is 5. The van der Waals surface area contributed by atoms with Crippen LogP contribution in [-0.2, 0) is 15.8 Å². The van der Waals surface area contributed by atoms with Crippen molar-refractivity contribution in [2.45, 2.75) is 19.2 Å². The van der Waals surface area contributed by atoms with E-state index in [4.69, 9.17) is 25.9 Å². The third-order valence-corrected chi connectivity index (χ3v) is 3.30. The zero-order valence-electron chi connectivity index (χ0n) is 14.6. The van der Waals surface area contributed by atoms with Crippen LogP contribution in [0.25, 0.3) is 0 Å². The van der Waals surface area contributed by atoms with Crippen LogP contribution in [0, 0.1) is 0 Å². The number of aromatic nitrogens is 1. The van der Waals surface area contributed by atoms with Gasteiger partial charge >= 0.3 is 6.18 Å². The monoisotopic (exact) mass is 416 g/mol. The number of nitrogens with zero attached hydrogens (tertiary/aromatic N) is 1. The average Bonchev–Trinajstić information content (AvgIpc) is 2.62. The highest BCUT2D eigenvalue weighted by atomic mass is 35.5. The van der Waals surface area contributed by atoms with Gasteiger partial charge in [-0.1, -0.05) is 18.2 Å². The third-order valence-electron chi connectivity index (χ3n) is 3.19. The molecule has 0 fully saturated rings. The standard InChI is InChI=1S/C18H16ClF3N2O4/c1-11(19)10-26-24-17(25)12(2)27-14-4-6-15(7-5-14)28-16-8-3-13(9-23-16)18(20,21)22/h3-9,12H,1,10H2,2H3,(H,24,25)/t12-/m1/s1. The minimum Gasteiger partial charge on any atom is -0.481 e. The molecule has 1 amide bonds. The largest absolute Gasteiger partial charge is 0.481 e. The highest BCUT2D eigenvalue weighted by molar-refractivity contribution is 6.29. The molecule has 28 heavy (non-hydrogen) atoms. The number of pyridine rings is 1. The third kappa shape index (κ3) is 6.75. The summed E-state index contributed by atoms with van der Waals surface area (Å²) in [7, 11) is 0. The summed E-state index contributed by atoms with van der Waals surface area (Å²) >= 11 is 5.50. The number of halogens is 4. The van der Waals surface area contributed by atoms with Gasteiger partial charge in [-0.25, -0.2) is 10.5 Å². The molecule has 1 N–H and O–H groups in total. The van der Waals surface area contributed by atoms with Gasteiger partial charge in [0.1, 0.15) is 18.1 Å². The molecule has 150 valence electrons. The molecule has 0 saturated carbocycles. The maximum Gasteiger partial charge on any atom is 0.417 e. The quantitative estimate of drug-likeness (QED) is 0.643. The molecule has 2 rings (SSSR count). The van der Waals surface area contributed by atoms with Gasteiger partial charge < -0.3 is 9.47 Å². The Kier molecular flexibility index (Phi) is 7.24.